The van der Waals surface area contributed by atoms with Crippen molar-refractivity contribution in [3.63, 3.8) is 0 Å². The number of nitrogens with zero attached hydrogens (tertiary/aromatic N) is 2. The van der Waals surface area contributed by atoms with Gasteiger partial charge in [-0.25, -0.2) is 4.79 Å². The van der Waals surface area contributed by atoms with Gasteiger partial charge in [-0.15, -0.1) is 0 Å². The van der Waals surface area contributed by atoms with E-state index in [2.05, 4.69) is 15.6 Å². The van der Waals surface area contributed by atoms with Crippen molar-refractivity contribution in [2.24, 2.45) is 0 Å². The Morgan fingerprint density at radius 3 is 2.95 bits per heavy atom. The largest absolute Gasteiger partial charge is 0.329 e. The Hall–Kier alpha value is -2.18. The van der Waals surface area contributed by atoms with Crippen LogP contribution in [-0.2, 0) is 11.3 Å². The third-order valence-corrected chi connectivity index (χ3v) is 3.89. The van der Waals surface area contributed by atoms with Crippen molar-refractivity contribution < 1.29 is 9.59 Å². The van der Waals surface area contributed by atoms with Crippen LogP contribution in [0.1, 0.15) is 5.56 Å². The van der Waals surface area contributed by atoms with E-state index in [9.17, 15) is 9.59 Å². The number of urea groups is 1. The first-order valence-electron chi connectivity index (χ1n) is 6.98. The Labute approximate surface area is 132 Å². The molecule has 3 rings (SSSR count). The molecule has 0 aliphatic carbocycles. The summed E-state index contributed by atoms with van der Waals surface area (Å²) in [6.45, 7) is 1.55. The molecular formula is C15H15ClN4O2. The maximum Gasteiger partial charge on any atom is 0.324 e. The summed E-state index contributed by atoms with van der Waals surface area (Å²) in [6, 6.07) is 7.23. The first-order valence-corrected chi connectivity index (χ1v) is 7.35. The number of hydrogen-bond acceptors (Lipinski definition) is 4. The van der Waals surface area contributed by atoms with Crippen LogP contribution in [0.25, 0.3) is 10.9 Å². The molecule has 114 valence electrons. The molecule has 7 heteroatoms. The van der Waals surface area contributed by atoms with Gasteiger partial charge in [0.2, 0.25) is 5.91 Å². The molecule has 2 aromatic rings. The van der Waals surface area contributed by atoms with Crippen molar-refractivity contribution in [2.45, 2.75) is 6.54 Å². The maximum absolute atomic E-state index is 11.5. The number of rotatable bonds is 5. The van der Waals surface area contributed by atoms with E-state index in [4.69, 9.17) is 11.6 Å². The number of carbonyl (C=O) groups excluding carboxylic acids is 2. The summed E-state index contributed by atoms with van der Waals surface area (Å²) in [6.07, 6.45) is 1.73. The van der Waals surface area contributed by atoms with Crippen molar-refractivity contribution in [1.29, 1.82) is 0 Å². The van der Waals surface area contributed by atoms with Gasteiger partial charge >= 0.3 is 6.03 Å². The molecule has 0 radical (unpaired) electrons. The second-order valence-electron chi connectivity index (χ2n) is 4.99. The van der Waals surface area contributed by atoms with Crippen LogP contribution in [0.15, 0.2) is 30.5 Å². The standard InChI is InChI=1S/C15H15ClN4O2/c16-12-4-3-10(14-11(12)2-1-5-18-14)8-17-6-7-20-13(21)9-19-15(20)22/h1-5,17H,6-9H2,(H,19,22). The molecule has 0 spiro atoms. The highest BCUT2D eigenvalue weighted by Crippen LogP contribution is 2.24. The Morgan fingerprint density at radius 2 is 2.18 bits per heavy atom. The minimum atomic E-state index is -0.328. The molecule has 0 atom stereocenters. The molecule has 1 aliphatic rings. The Morgan fingerprint density at radius 1 is 1.32 bits per heavy atom. The van der Waals surface area contributed by atoms with E-state index in [-0.39, 0.29) is 18.5 Å². The van der Waals surface area contributed by atoms with Crippen molar-refractivity contribution in [1.82, 2.24) is 20.5 Å². The first kappa shape index (κ1) is 14.7. The zero-order valence-corrected chi connectivity index (χ0v) is 12.6. The highest BCUT2D eigenvalue weighted by molar-refractivity contribution is 6.35. The van der Waals surface area contributed by atoms with Gasteiger partial charge in [0.25, 0.3) is 0 Å². The fraction of sp³-hybridized carbons (Fsp3) is 0.267. The molecule has 0 bridgehead atoms. The van der Waals surface area contributed by atoms with E-state index in [1.165, 1.54) is 4.90 Å². The number of halogens is 1. The molecule has 3 amide bonds. The molecule has 6 nitrogen and oxygen atoms in total. The van der Waals surface area contributed by atoms with Gasteiger partial charge in [-0.2, -0.15) is 0 Å². The van der Waals surface area contributed by atoms with Gasteiger partial charge in [0.05, 0.1) is 12.1 Å². The molecule has 1 aromatic heterocycles. The minimum Gasteiger partial charge on any atom is -0.329 e. The quantitative estimate of drug-likeness (QED) is 0.647. The molecule has 2 N–H and O–H groups in total. The molecule has 1 fully saturated rings. The SMILES string of the molecule is O=C1CNC(=O)N1CCNCc1ccc(Cl)c2cccnc12. The summed E-state index contributed by atoms with van der Waals surface area (Å²) < 4.78 is 0. The van der Waals surface area contributed by atoms with E-state index >= 15 is 0 Å². The summed E-state index contributed by atoms with van der Waals surface area (Å²) in [4.78, 5) is 28.4. The molecular weight excluding hydrogens is 304 g/mol. The molecule has 1 saturated heterocycles. The van der Waals surface area contributed by atoms with Gasteiger partial charge in [-0.1, -0.05) is 17.7 Å². The topological polar surface area (TPSA) is 74.3 Å². The van der Waals surface area contributed by atoms with Crippen molar-refractivity contribution in [2.75, 3.05) is 19.6 Å². The number of amides is 3. The Bertz CT molecular complexity index is 719. The summed E-state index contributed by atoms with van der Waals surface area (Å²) in [5, 5.41) is 7.30. The van der Waals surface area contributed by atoms with Crippen LogP contribution < -0.4 is 10.6 Å². The average molecular weight is 319 g/mol. The van der Waals surface area contributed by atoms with E-state index in [0.29, 0.717) is 24.7 Å². The van der Waals surface area contributed by atoms with Crippen LogP contribution in [0.2, 0.25) is 5.02 Å². The lowest BCUT2D eigenvalue weighted by Crippen LogP contribution is -2.36. The van der Waals surface area contributed by atoms with Crippen LogP contribution in [-0.4, -0.2) is 41.5 Å². The lowest BCUT2D eigenvalue weighted by Gasteiger charge is -2.13. The number of imide groups is 1. The second kappa shape index (κ2) is 6.29. The third kappa shape index (κ3) is 2.88. The lowest BCUT2D eigenvalue weighted by molar-refractivity contribution is -0.124. The Kier molecular flexibility index (Phi) is 4.22. The Balaban J connectivity index is 1.62. The van der Waals surface area contributed by atoms with E-state index in [0.717, 1.165) is 16.5 Å². The highest BCUT2D eigenvalue weighted by Gasteiger charge is 2.27. The average Bonchev–Trinajstić information content (AvgIpc) is 2.85. The molecule has 22 heavy (non-hydrogen) atoms. The van der Waals surface area contributed by atoms with Gasteiger partial charge in [0.15, 0.2) is 0 Å². The molecule has 0 saturated carbocycles. The zero-order valence-electron chi connectivity index (χ0n) is 11.8. The summed E-state index contributed by atoms with van der Waals surface area (Å²) in [5.74, 6) is -0.189. The molecule has 1 aromatic carbocycles. The normalized spacial score (nSPS) is 14.7. The minimum absolute atomic E-state index is 0.0879. The van der Waals surface area contributed by atoms with Gasteiger partial charge in [-0.3, -0.25) is 14.7 Å². The predicted molar refractivity (Wildman–Crippen MR) is 83.6 cm³/mol. The summed E-state index contributed by atoms with van der Waals surface area (Å²) >= 11 is 6.16. The molecule has 0 unspecified atom stereocenters. The van der Waals surface area contributed by atoms with Gasteiger partial charge < -0.3 is 10.6 Å². The van der Waals surface area contributed by atoms with Crippen molar-refractivity contribution >= 4 is 34.4 Å². The van der Waals surface area contributed by atoms with Crippen molar-refractivity contribution in [3.05, 3.63) is 41.0 Å². The number of benzene rings is 1. The van der Waals surface area contributed by atoms with Crippen LogP contribution in [0, 0.1) is 0 Å². The van der Waals surface area contributed by atoms with Crippen LogP contribution in [0.3, 0.4) is 0 Å². The maximum atomic E-state index is 11.5. The number of aromatic nitrogens is 1. The number of pyridine rings is 1. The second-order valence-corrected chi connectivity index (χ2v) is 5.39. The number of hydrogen-bond donors (Lipinski definition) is 2. The molecule has 1 aliphatic heterocycles. The number of fused-ring (bicyclic) bond motifs is 1. The monoisotopic (exact) mass is 318 g/mol. The van der Waals surface area contributed by atoms with E-state index < -0.39 is 0 Å². The van der Waals surface area contributed by atoms with Gasteiger partial charge in [0, 0.05) is 36.2 Å². The molecule has 2 heterocycles. The van der Waals surface area contributed by atoms with E-state index in [1.807, 2.05) is 24.3 Å². The predicted octanol–water partition coefficient (Wildman–Crippen LogP) is 1.53. The van der Waals surface area contributed by atoms with E-state index in [1.54, 1.807) is 6.20 Å². The summed E-state index contributed by atoms with van der Waals surface area (Å²) in [7, 11) is 0. The fourth-order valence-electron chi connectivity index (χ4n) is 2.43. The summed E-state index contributed by atoms with van der Waals surface area (Å²) in [5.41, 5.74) is 1.88. The van der Waals surface area contributed by atoms with Crippen LogP contribution >= 0.6 is 11.6 Å². The third-order valence-electron chi connectivity index (χ3n) is 3.56. The first-order chi connectivity index (χ1) is 10.7. The highest BCUT2D eigenvalue weighted by atomic mass is 35.5. The smallest absolute Gasteiger partial charge is 0.324 e. The fourth-order valence-corrected chi connectivity index (χ4v) is 2.65. The lowest BCUT2D eigenvalue weighted by atomic mass is 10.1. The van der Waals surface area contributed by atoms with Crippen molar-refractivity contribution in [3.8, 4) is 0 Å². The van der Waals surface area contributed by atoms with Crippen LogP contribution in [0.5, 0.6) is 0 Å². The number of carbonyl (C=O) groups is 2. The zero-order chi connectivity index (χ0) is 15.5. The van der Waals surface area contributed by atoms with Gasteiger partial charge in [0.1, 0.15) is 0 Å². The van der Waals surface area contributed by atoms with Gasteiger partial charge in [-0.05, 0) is 23.8 Å². The van der Waals surface area contributed by atoms with Crippen LogP contribution in [0.4, 0.5) is 4.79 Å². The number of nitrogens with one attached hydrogen (secondary N) is 2.